The number of benzene rings is 1. The van der Waals surface area contributed by atoms with E-state index in [4.69, 9.17) is 0 Å². The summed E-state index contributed by atoms with van der Waals surface area (Å²) in [6.45, 7) is 10.7. The Bertz CT molecular complexity index is 429. The van der Waals surface area contributed by atoms with E-state index in [9.17, 15) is 0 Å². The number of hydrogen-bond donors (Lipinski definition) is 0. The zero-order valence-electron chi connectivity index (χ0n) is 12.6. The van der Waals surface area contributed by atoms with E-state index >= 15 is 0 Å². The molecule has 0 saturated heterocycles. The molecule has 1 atom stereocenters. The van der Waals surface area contributed by atoms with E-state index in [2.05, 4.69) is 63.9 Å². The maximum Gasteiger partial charge on any atom is 0.00872 e. The summed E-state index contributed by atoms with van der Waals surface area (Å²) < 4.78 is 0. The molecule has 1 unspecified atom stereocenters. The molecule has 0 nitrogen and oxygen atoms in total. The van der Waals surface area contributed by atoms with Crippen molar-refractivity contribution in [2.45, 2.75) is 38.9 Å². The Hall–Kier alpha value is -0.950. The van der Waals surface area contributed by atoms with Crippen LogP contribution in [-0.2, 0) is 0 Å². The second-order valence-electron chi connectivity index (χ2n) is 5.30. The van der Waals surface area contributed by atoms with Crippen LogP contribution in [0.3, 0.4) is 0 Å². The molecule has 104 valence electrons. The lowest BCUT2D eigenvalue weighted by molar-refractivity contribution is 0.572. The molecule has 0 aromatic heterocycles. The van der Waals surface area contributed by atoms with Crippen LogP contribution in [0, 0.1) is 5.92 Å². The molecule has 19 heavy (non-hydrogen) atoms. The summed E-state index contributed by atoms with van der Waals surface area (Å²) in [4.78, 5) is 0. The van der Waals surface area contributed by atoms with Crippen molar-refractivity contribution in [2.24, 2.45) is 5.92 Å². The lowest BCUT2D eigenvalue weighted by Crippen LogP contribution is -2.07. The molecule has 1 aromatic carbocycles. The maximum absolute atomic E-state index is 3.92. The molecular formula is C18H26S. The number of allylic oxidation sites excluding steroid dienone is 2. The van der Waals surface area contributed by atoms with Crippen molar-refractivity contribution in [3.8, 4) is 0 Å². The minimum atomic E-state index is 0.698. The summed E-state index contributed by atoms with van der Waals surface area (Å²) >= 11 is 1.98. The van der Waals surface area contributed by atoms with E-state index in [-0.39, 0.29) is 0 Å². The van der Waals surface area contributed by atoms with Crippen LogP contribution in [0.5, 0.6) is 0 Å². The Kier molecular flexibility index (Phi) is 7.01. The first kappa shape index (κ1) is 16.1. The summed E-state index contributed by atoms with van der Waals surface area (Å²) in [5.41, 5.74) is 4.01. The average Bonchev–Trinajstić information content (AvgIpc) is 2.43. The summed E-state index contributed by atoms with van der Waals surface area (Å²) in [5.74, 6) is 0.755. The van der Waals surface area contributed by atoms with Crippen LogP contribution in [0.4, 0.5) is 0 Å². The van der Waals surface area contributed by atoms with Crippen molar-refractivity contribution < 1.29 is 0 Å². The number of rotatable bonds is 7. The van der Waals surface area contributed by atoms with Crippen molar-refractivity contribution in [1.29, 1.82) is 0 Å². The van der Waals surface area contributed by atoms with Crippen LogP contribution in [0.1, 0.15) is 44.7 Å². The monoisotopic (exact) mass is 274 g/mol. The quantitative estimate of drug-likeness (QED) is 0.596. The lowest BCUT2D eigenvalue weighted by Gasteiger charge is -2.19. The van der Waals surface area contributed by atoms with Gasteiger partial charge in [-0.1, -0.05) is 56.8 Å². The first-order valence-electron chi connectivity index (χ1n) is 7.02. The second-order valence-corrected chi connectivity index (χ2v) is 6.43. The van der Waals surface area contributed by atoms with E-state index in [1.807, 2.05) is 17.8 Å². The van der Waals surface area contributed by atoms with Gasteiger partial charge in [0.1, 0.15) is 0 Å². The molecule has 0 saturated carbocycles. The van der Waals surface area contributed by atoms with Gasteiger partial charge in [-0.15, -0.1) is 0 Å². The fraction of sp³-hybridized carbons (Fsp3) is 0.444. The van der Waals surface area contributed by atoms with E-state index in [0.717, 1.165) is 12.3 Å². The van der Waals surface area contributed by atoms with Crippen LogP contribution in [0.2, 0.25) is 0 Å². The maximum atomic E-state index is 3.92. The largest absolute Gasteiger partial charge is 0.162 e. The van der Waals surface area contributed by atoms with Crippen molar-refractivity contribution in [2.75, 3.05) is 6.26 Å². The SMILES string of the molecule is C=Cc1ccccc1/C(=C\C)CC(CC(C)C)SC. The molecule has 0 aliphatic heterocycles. The number of hydrogen-bond acceptors (Lipinski definition) is 1. The van der Waals surface area contributed by atoms with Crippen LogP contribution < -0.4 is 0 Å². The fourth-order valence-corrected chi connectivity index (χ4v) is 3.31. The highest BCUT2D eigenvalue weighted by Crippen LogP contribution is 2.30. The highest BCUT2D eigenvalue weighted by atomic mass is 32.2. The van der Waals surface area contributed by atoms with E-state index in [0.29, 0.717) is 5.25 Å². The third kappa shape index (κ3) is 4.91. The fourth-order valence-electron chi connectivity index (χ4n) is 2.38. The Morgan fingerprint density at radius 1 is 1.32 bits per heavy atom. The average molecular weight is 274 g/mol. The molecule has 0 N–H and O–H groups in total. The van der Waals surface area contributed by atoms with Crippen molar-refractivity contribution in [1.82, 2.24) is 0 Å². The van der Waals surface area contributed by atoms with E-state index in [1.54, 1.807) is 0 Å². The van der Waals surface area contributed by atoms with Gasteiger partial charge in [0.15, 0.2) is 0 Å². The highest BCUT2D eigenvalue weighted by molar-refractivity contribution is 7.99. The van der Waals surface area contributed by atoms with E-state index in [1.165, 1.54) is 23.1 Å². The topological polar surface area (TPSA) is 0 Å². The molecule has 0 heterocycles. The molecule has 0 radical (unpaired) electrons. The first-order chi connectivity index (χ1) is 9.12. The Morgan fingerprint density at radius 3 is 2.53 bits per heavy atom. The second kappa shape index (κ2) is 8.27. The van der Waals surface area contributed by atoms with Crippen LogP contribution in [0.25, 0.3) is 11.6 Å². The summed E-state index contributed by atoms with van der Waals surface area (Å²) in [6, 6.07) is 8.54. The Balaban J connectivity index is 2.92. The van der Waals surface area contributed by atoms with Gasteiger partial charge in [0.25, 0.3) is 0 Å². The predicted molar refractivity (Wildman–Crippen MR) is 91.6 cm³/mol. The minimum absolute atomic E-state index is 0.698. The van der Waals surface area contributed by atoms with Crippen LogP contribution >= 0.6 is 11.8 Å². The molecule has 1 heteroatoms. The van der Waals surface area contributed by atoms with E-state index < -0.39 is 0 Å². The van der Waals surface area contributed by atoms with Gasteiger partial charge in [0.2, 0.25) is 0 Å². The number of thioether (sulfide) groups is 1. The van der Waals surface area contributed by atoms with Gasteiger partial charge < -0.3 is 0 Å². The standard InChI is InChI=1S/C18H26S/c1-6-15-10-8-9-11-18(15)16(7-2)13-17(19-5)12-14(3)4/h6-11,14,17H,1,12-13H2,2-5H3/b16-7-. The molecule has 0 spiro atoms. The Labute approximate surface area is 123 Å². The predicted octanol–water partition coefficient (Wildman–Crippen LogP) is 5.90. The lowest BCUT2D eigenvalue weighted by atomic mass is 9.93. The summed E-state index contributed by atoms with van der Waals surface area (Å²) in [6.07, 6.45) is 8.84. The third-order valence-electron chi connectivity index (χ3n) is 3.39. The van der Waals surface area contributed by atoms with Crippen molar-refractivity contribution in [3.05, 3.63) is 48.0 Å². The van der Waals surface area contributed by atoms with Crippen LogP contribution in [-0.4, -0.2) is 11.5 Å². The molecule has 0 bridgehead atoms. The zero-order chi connectivity index (χ0) is 14.3. The summed E-state index contributed by atoms with van der Waals surface area (Å²) in [5, 5.41) is 0.698. The molecule has 0 aliphatic carbocycles. The molecule has 1 rings (SSSR count). The minimum Gasteiger partial charge on any atom is -0.162 e. The first-order valence-corrected chi connectivity index (χ1v) is 8.31. The molecule has 0 aliphatic rings. The van der Waals surface area contributed by atoms with Gasteiger partial charge in [0.05, 0.1) is 0 Å². The molecule has 0 fully saturated rings. The normalized spacial score (nSPS) is 13.6. The molecular weight excluding hydrogens is 248 g/mol. The smallest absolute Gasteiger partial charge is 0.00872 e. The van der Waals surface area contributed by atoms with Gasteiger partial charge >= 0.3 is 0 Å². The van der Waals surface area contributed by atoms with Gasteiger partial charge in [0, 0.05) is 5.25 Å². The Morgan fingerprint density at radius 2 is 2.00 bits per heavy atom. The van der Waals surface area contributed by atoms with Gasteiger partial charge in [-0.25, -0.2) is 0 Å². The van der Waals surface area contributed by atoms with Crippen molar-refractivity contribution >= 4 is 23.4 Å². The molecule has 0 amide bonds. The van der Waals surface area contributed by atoms with Gasteiger partial charge in [-0.2, -0.15) is 11.8 Å². The summed E-state index contributed by atoms with van der Waals surface area (Å²) in [7, 11) is 0. The third-order valence-corrected chi connectivity index (χ3v) is 4.42. The molecule has 1 aromatic rings. The van der Waals surface area contributed by atoms with Gasteiger partial charge in [-0.05, 0) is 48.6 Å². The van der Waals surface area contributed by atoms with Gasteiger partial charge in [-0.3, -0.25) is 0 Å². The van der Waals surface area contributed by atoms with Crippen molar-refractivity contribution in [3.63, 3.8) is 0 Å². The highest BCUT2D eigenvalue weighted by Gasteiger charge is 2.14. The van der Waals surface area contributed by atoms with Crippen LogP contribution in [0.15, 0.2) is 36.9 Å². The zero-order valence-corrected chi connectivity index (χ0v) is 13.5.